The Morgan fingerprint density at radius 1 is 1.47 bits per heavy atom. The molecule has 0 bridgehead atoms. The normalized spacial score (nSPS) is 11.2. The van der Waals surface area contributed by atoms with Gasteiger partial charge in [0.1, 0.15) is 6.61 Å². The second-order valence-corrected chi connectivity index (χ2v) is 4.31. The van der Waals surface area contributed by atoms with Crippen LogP contribution in [0.25, 0.3) is 0 Å². The highest BCUT2D eigenvalue weighted by atomic mass is 35.5. The molecule has 0 amide bonds. The zero-order valence-corrected chi connectivity index (χ0v) is 11.2. The van der Waals surface area contributed by atoms with Crippen molar-refractivity contribution in [2.24, 2.45) is 0 Å². The number of carboxylic acid groups (broad SMARTS) is 1. The second-order valence-electron chi connectivity index (χ2n) is 3.49. The number of aliphatic carboxylic acids is 1. The summed E-state index contributed by atoms with van der Waals surface area (Å²) in [6, 6.07) is 2.29. The third-order valence-electron chi connectivity index (χ3n) is 2.16. The molecule has 1 rings (SSSR count). The lowest BCUT2D eigenvalue weighted by molar-refractivity contribution is -0.385. The molecule has 0 radical (unpaired) electrons. The first-order valence-corrected chi connectivity index (χ1v) is 5.74. The summed E-state index contributed by atoms with van der Waals surface area (Å²) in [5, 5.41) is 19.6. The van der Waals surface area contributed by atoms with E-state index in [4.69, 9.17) is 33.0 Å². The van der Waals surface area contributed by atoms with Gasteiger partial charge in [-0.15, -0.1) is 0 Å². The summed E-state index contributed by atoms with van der Waals surface area (Å²) in [6.45, 7) is 1.26. The number of benzene rings is 1. The molecule has 0 aliphatic rings. The lowest BCUT2D eigenvalue weighted by atomic mass is 10.3. The zero-order valence-electron chi connectivity index (χ0n) is 9.72. The summed E-state index contributed by atoms with van der Waals surface area (Å²) in [7, 11) is 0. The molecule has 0 aliphatic carbocycles. The van der Waals surface area contributed by atoms with Crippen LogP contribution in [0.15, 0.2) is 23.8 Å². The number of nitro groups is 1. The van der Waals surface area contributed by atoms with Crippen LogP contribution in [0.2, 0.25) is 10.0 Å². The molecule has 0 aliphatic heterocycles. The van der Waals surface area contributed by atoms with Crippen LogP contribution >= 0.6 is 23.2 Å². The number of halogens is 2. The Morgan fingerprint density at radius 2 is 2.05 bits per heavy atom. The molecule has 102 valence electrons. The fourth-order valence-electron chi connectivity index (χ4n) is 1.12. The molecule has 1 N–H and O–H groups in total. The van der Waals surface area contributed by atoms with E-state index in [1.165, 1.54) is 19.1 Å². The highest BCUT2D eigenvalue weighted by Gasteiger charge is 2.18. The van der Waals surface area contributed by atoms with Gasteiger partial charge in [0.2, 0.25) is 0 Å². The summed E-state index contributed by atoms with van der Waals surface area (Å²) >= 11 is 11.4. The monoisotopic (exact) mass is 305 g/mol. The van der Waals surface area contributed by atoms with E-state index in [1.807, 2.05) is 0 Å². The fraction of sp³-hybridized carbons (Fsp3) is 0.182. The van der Waals surface area contributed by atoms with Gasteiger partial charge in [-0.25, -0.2) is 4.79 Å². The number of ether oxygens (including phenoxy) is 1. The maximum atomic E-state index is 10.8. The summed E-state index contributed by atoms with van der Waals surface area (Å²) in [6.07, 6.45) is 1.29. The van der Waals surface area contributed by atoms with Crippen molar-refractivity contribution in [2.45, 2.75) is 6.92 Å². The molecule has 8 heteroatoms. The van der Waals surface area contributed by atoms with E-state index < -0.39 is 10.9 Å². The predicted molar refractivity (Wildman–Crippen MR) is 70.0 cm³/mol. The quantitative estimate of drug-likeness (QED) is 0.512. The molecule has 0 atom stereocenters. The van der Waals surface area contributed by atoms with Gasteiger partial charge in [-0.3, -0.25) is 10.1 Å². The van der Waals surface area contributed by atoms with Crippen molar-refractivity contribution in [3.05, 3.63) is 43.9 Å². The minimum atomic E-state index is -1.09. The van der Waals surface area contributed by atoms with Gasteiger partial charge in [0.05, 0.1) is 15.0 Å². The summed E-state index contributed by atoms with van der Waals surface area (Å²) in [4.78, 5) is 20.7. The van der Waals surface area contributed by atoms with Gasteiger partial charge in [-0.1, -0.05) is 23.2 Å². The van der Waals surface area contributed by atoms with Crippen LogP contribution in [0.5, 0.6) is 5.75 Å². The van der Waals surface area contributed by atoms with Crippen LogP contribution in [-0.2, 0) is 4.79 Å². The van der Waals surface area contributed by atoms with Crippen molar-refractivity contribution in [3.8, 4) is 5.75 Å². The maximum Gasteiger partial charge on any atom is 0.331 e. The average molecular weight is 306 g/mol. The first-order chi connectivity index (χ1) is 8.82. The van der Waals surface area contributed by atoms with Crippen LogP contribution in [0.1, 0.15) is 6.92 Å². The number of rotatable bonds is 5. The molecule has 6 nitrogen and oxygen atoms in total. The molecule has 0 fully saturated rings. The van der Waals surface area contributed by atoms with E-state index in [1.54, 1.807) is 0 Å². The third-order valence-corrected chi connectivity index (χ3v) is 2.89. The Morgan fingerprint density at radius 3 is 2.58 bits per heavy atom. The van der Waals surface area contributed by atoms with Gasteiger partial charge < -0.3 is 9.84 Å². The zero-order chi connectivity index (χ0) is 14.6. The molecule has 0 unspecified atom stereocenters. The number of nitro benzene ring substituents is 1. The van der Waals surface area contributed by atoms with Gasteiger partial charge in [-0.2, -0.15) is 0 Å². The molecule has 0 spiro atoms. The van der Waals surface area contributed by atoms with Crippen LogP contribution in [0.4, 0.5) is 5.69 Å². The molecule has 19 heavy (non-hydrogen) atoms. The highest BCUT2D eigenvalue weighted by molar-refractivity contribution is 6.42. The standard InChI is InChI=1S/C11H9Cl2NO5/c1-6(11(15)16)2-3-19-10-5-8(13)7(12)4-9(10)14(17)18/h2,4-5H,3H2,1H3,(H,15,16)/b6-2-. The summed E-state index contributed by atoms with van der Waals surface area (Å²) < 4.78 is 5.13. The highest BCUT2D eigenvalue weighted by Crippen LogP contribution is 2.35. The van der Waals surface area contributed by atoms with Crippen molar-refractivity contribution in [1.82, 2.24) is 0 Å². The Hall–Kier alpha value is -1.79. The molecule has 1 aromatic carbocycles. The van der Waals surface area contributed by atoms with Crippen LogP contribution in [0, 0.1) is 10.1 Å². The average Bonchev–Trinajstić information content (AvgIpc) is 2.32. The predicted octanol–water partition coefficient (Wildman–Crippen LogP) is 3.31. The third kappa shape index (κ3) is 4.11. The Kier molecular flexibility index (Phi) is 5.14. The van der Waals surface area contributed by atoms with E-state index in [9.17, 15) is 14.9 Å². The minimum Gasteiger partial charge on any atom is -0.483 e. The molecule has 0 saturated heterocycles. The first kappa shape index (κ1) is 15.3. The smallest absolute Gasteiger partial charge is 0.331 e. The van der Waals surface area contributed by atoms with Gasteiger partial charge in [0, 0.05) is 17.7 Å². The van der Waals surface area contributed by atoms with E-state index >= 15 is 0 Å². The number of carbonyl (C=O) groups is 1. The molecule has 0 aromatic heterocycles. The summed E-state index contributed by atoms with van der Waals surface area (Å²) in [5.74, 6) is -1.17. The lowest BCUT2D eigenvalue weighted by Gasteiger charge is -2.06. The number of hydrogen-bond acceptors (Lipinski definition) is 4. The van der Waals surface area contributed by atoms with Crippen molar-refractivity contribution in [3.63, 3.8) is 0 Å². The minimum absolute atomic E-state index is 0.0398. The summed E-state index contributed by atoms with van der Waals surface area (Å²) in [5.41, 5.74) is -0.265. The second kappa shape index (κ2) is 6.40. The van der Waals surface area contributed by atoms with E-state index in [-0.39, 0.29) is 33.7 Å². The number of nitrogens with zero attached hydrogens (tertiary/aromatic N) is 1. The van der Waals surface area contributed by atoms with Crippen molar-refractivity contribution >= 4 is 34.9 Å². The molecular weight excluding hydrogens is 297 g/mol. The Labute approximate surface area is 118 Å². The van der Waals surface area contributed by atoms with Crippen molar-refractivity contribution < 1.29 is 19.6 Å². The van der Waals surface area contributed by atoms with E-state index in [0.29, 0.717) is 0 Å². The lowest BCUT2D eigenvalue weighted by Crippen LogP contribution is -2.02. The molecular formula is C11H9Cl2NO5. The van der Waals surface area contributed by atoms with Gasteiger partial charge in [0.25, 0.3) is 0 Å². The van der Waals surface area contributed by atoms with Crippen molar-refractivity contribution in [2.75, 3.05) is 6.61 Å². The van der Waals surface area contributed by atoms with Crippen LogP contribution in [0.3, 0.4) is 0 Å². The topological polar surface area (TPSA) is 89.7 Å². The molecule has 1 aromatic rings. The van der Waals surface area contributed by atoms with E-state index in [2.05, 4.69) is 0 Å². The Balaban J connectivity index is 2.95. The SMILES string of the molecule is C/C(=C/COc1cc(Cl)c(Cl)cc1[N+](=O)[O-])C(=O)O. The fourth-order valence-corrected chi connectivity index (χ4v) is 1.43. The van der Waals surface area contributed by atoms with Crippen LogP contribution in [-0.4, -0.2) is 22.6 Å². The number of carboxylic acids is 1. The van der Waals surface area contributed by atoms with Crippen LogP contribution < -0.4 is 4.74 Å². The molecule has 0 saturated carbocycles. The van der Waals surface area contributed by atoms with E-state index in [0.717, 1.165) is 6.07 Å². The number of hydrogen-bond donors (Lipinski definition) is 1. The largest absolute Gasteiger partial charge is 0.483 e. The molecule has 0 heterocycles. The van der Waals surface area contributed by atoms with Gasteiger partial charge >= 0.3 is 11.7 Å². The van der Waals surface area contributed by atoms with Crippen molar-refractivity contribution in [1.29, 1.82) is 0 Å². The first-order valence-electron chi connectivity index (χ1n) is 4.99. The van der Waals surface area contributed by atoms with Gasteiger partial charge in [0.15, 0.2) is 5.75 Å². The van der Waals surface area contributed by atoms with Gasteiger partial charge in [-0.05, 0) is 13.0 Å². The maximum absolute atomic E-state index is 10.8. The Bertz CT molecular complexity index is 556.